The molecule has 0 radical (unpaired) electrons. The molecule has 8 aromatic carbocycles. The van der Waals surface area contributed by atoms with Gasteiger partial charge in [-0.05, 0) is 82.4 Å². The van der Waals surface area contributed by atoms with Gasteiger partial charge in [-0.2, -0.15) is 0 Å². The summed E-state index contributed by atoms with van der Waals surface area (Å²) in [6.07, 6.45) is -0.0519. The number of thiophene rings is 1. The SMILES string of the molecule is c1ccc(-c2ccc(N(c3ccc(-c4ccccc4)cc3)c3ccccc3-c3cccc(N4c5c(sc6ccccc56)C5Oc6ccccc6C54)c3)cc2)cc1. The van der Waals surface area contributed by atoms with E-state index in [9.17, 15) is 0 Å². The van der Waals surface area contributed by atoms with Crippen LogP contribution in [0.15, 0.2) is 206 Å². The second-order valence-electron chi connectivity index (χ2n) is 14.4. The monoisotopic (exact) mass is 736 g/mol. The Kier molecular flexibility index (Phi) is 7.82. The van der Waals surface area contributed by atoms with Crippen molar-refractivity contribution in [3.63, 3.8) is 0 Å². The summed E-state index contributed by atoms with van der Waals surface area (Å²) in [6.45, 7) is 0. The molecule has 0 aliphatic carbocycles. The first-order valence-electron chi connectivity index (χ1n) is 19.2. The molecule has 0 bridgehead atoms. The van der Waals surface area contributed by atoms with E-state index in [0.717, 1.165) is 39.6 Å². The van der Waals surface area contributed by atoms with Crippen molar-refractivity contribution in [1.82, 2.24) is 0 Å². The summed E-state index contributed by atoms with van der Waals surface area (Å²) in [4.78, 5) is 6.23. The maximum absolute atomic E-state index is 6.74. The number of anilines is 5. The number of rotatable bonds is 7. The van der Waals surface area contributed by atoms with Crippen molar-refractivity contribution in [2.24, 2.45) is 0 Å². The summed E-state index contributed by atoms with van der Waals surface area (Å²) in [7, 11) is 0. The van der Waals surface area contributed by atoms with Crippen LogP contribution in [0.4, 0.5) is 28.4 Å². The second-order valence-corrected chi connectivity index (χ2v) is 15.5. The van der Waals surface area contributed by atoms with Crippen LogP contribution in [0.5, 0.6) is 5.75 Å². The summed E-state index contributed by atoms with van der Waals surface area (Å²) >= 11 is 1.86. The van der Waals surface area contributed by atoms with Crippen LogP contribution in [0.2, 0.25) is 0 Å². The molecule has 3 nitrogen and oxygen atoms in total. The Balaban J connectivity index is 1.04. The van der Waals surface area contributed by atoms with Gasteiger partial charge in [0.2, 0.25) is 0 Å². The third-order valence-electron chi connectivity index (χ3n) is 11.2. The number of nitrogens with zero attached hydrogens (tertiary/aromatic N) is 2. The van der Waals surface area contributed by atoms with Crippen LogP contribution in [0.3, 0.4) is 0 Å². The van der Waals surface area contributed by atoms with Gasteiger partial charge in [0.05, 0.1) is 16.3 Å². The average molecular weight is 737 g/mol. The molecule has 266 valence electrons. The molecule has 0 saturated carbocycles. The van der Waals surface area contributed by atoms with E-state index in [1.807, 2.05) is 11.3 Å². The Bertz CT molecular complexity index is 2760. The molecule has 0 spiro atoms. The van der Waals surface area contributed by atoms with E-state index in [1.165, 1.54) is 48.5 Å². The summed E-state index contributed by atoms with van der Waals surface area (Å²) in [5, 5.41) is 1.28. The molecular weight excluding hydrogens is 701 g/mol. The summed E-state index contributed by atoms with van der Waals surface area (Å²) in [5.74, 6) is 0.976. The molecular formula is C52H36N2OS. The molecule has 2 aliphatic rings. The number of hydrogen-bond acceptors (Lipinski definition) is 4. The normalized spacial score (nSPS) is 15.2. The predicted octanol–water partition coefficient (Wildman–Crippen LogP) is 14.7. The third-order valence-corrected chi connectivity index (χ3v) is 12.4. The molecule has 2 aliphatic heterocycles. The van der Waals surface area contributed by atoms with E-state index in [1.54, 1.807) is 0 Å². The maximum Gasteiger partial charge on any atom is 0.160 e. The second kappa shape index (κ2) is 13.5. The van der Waals surface area contributed by atoms with Crippen molar-refractivity contribution in [2.45, 2.75) is 12.1 Å². The molecule has 2 atom stereocenters. The summed E-state index contributed by atoms with van der Waals surface area (Å²) in [5.41, 5.74) is 14.1. The lowest BCUT2D eigenvalue weighted by Gasteiger charge is -2.29. The molecule has 11 rings (SSSR count). The lowest BCUT2D eigenvalue weighted by atomic mass is 9.99. The van der Waals surface area contributed by atoms with Gasteiger partial charge in [-0.3, -0.25) is 0 Å². The lowest BCUT2D eigenvalue weighted by Crippen LogP contribution is -2.20. The van der Waals surface area contributed by atoms with Crippen molar-refractivity contribution in [1.29, 1.82) is 0 Å². The van der Waals surface area contributed by atoms with Crippen LogP contribution in [-0.4, -0.2) is 0 Å². The zero-order chi connectivity index (χ0) is 37.0. The van der Waals surface area contributed by atoms with Crippen molar-refractivity contribution in [3.8, 4) is 39.1 Å². The minimum Gasteiger partial charge on any atom is -0.482 e. The highest BCUT2D eigenvalue weighted by Crippen LogP contribution is 2.63. The van der Waals surface area contributed by atoms with E-state index in [2.05, 4.69) is 216 Å². The maximum atomic E-state index is 6.74. The first-order chi connectivity index (χ1) is 27.8. The molecule has 4 heteroatoms. The summed E-state index contributed by atoms with van der Waals surface area (Å²) < 4.78 is 8.02. The van der Waals surface area contributed by atoms with Crippen molar-refractivity contribution >= 4 is 49.9 Å². The van der Waals surface area contributed by atoms with Gasteiger partial charge in [0, 0.05) is 38.3 Å². The quantitative estimate of drug-likeness (QED) is 0.162. The van der Waals surface area contributed by atoms with Gasteiger partial charge in [0.25, 0.3) is 0 Å². The highest BCUT2D eigenvalue weighted by molar-refractivity contribution is 7.20. The molecule has 9 aromatic rings. The fourth-order valence-electron chi connectivity index (χ4n) is 8.62. The predicted molar refractivity (Wildman–Crippen MR) is 234 cm³/mol. The van der Waals surface area contributed by atoms with E-state index in [-0.39, 0.29) is 12.1 Å². The molecule has 0 fully saturated rings. The minimum atomic E-state index is -0.0519. The topological polar surface area (TPSA) is 15.7 Å². The van der Waals surface area contributed by atoms with Gasteiger partial charge >= 0.3 is 0 Å². The zero-order valence-corrected chi connectivity index (χ0v) is 31.3. The van der Waals surface area contributed by atoms with Gasteiger partial charge in [-0.25, -0.2) is 0 Å². The number of fused-ring (bicyclic) bond motifs is 7. The van der Waals surface area contributed by atoms with Gasteiger partial charge in [0.1, 0.15) is 11.8 Å². The van der Waals surface area contributed by atoms with Gasteiger partial charge in [-0.1, -0.05) is 152 Å². The van der Waals surface area contributed by atoms with Crippen LogP contribution in [0.1, 0.15) is 22.6 Å². The molecule has 2 unspecified atom stereocenters. The van der Waals surface area contributed by atoms with Crippen molar-refractivity contribution in [3.05, 3.63) is 217 Å². The Labute approximate surface area is 331 Å². The molecule has 0 N–H and O–H groups in total. The highest BCUT2D eigenvalue weighted by atomic mass is 32.1. The average Bonchev–Trinajstić information content (AvgIpc) is 3.93. The largest absolute Gasteiger partial charge is 0.482 e. The molecule has 0 saturated heterocycles. The van der Waals surface area contributed by atoms with E-state index < -0.39 is 0 Å². The standard InChI is InChI=1S/C52H36N2OS/c1-3-14-35(15-4-1)37-26-30-40(31-27-37)53(41-32-28-38(29-33-41)36-16-5-2-6-17-36)46-23-10-7-20-43(46)39-18-13-19-42(34-39)54-49-44-21-8-11-24-47(44)55-51(49)52-50(54)45-22-9-12-25-48(45)56-52/h1-34,49,51H. The van der Waals surface area contributed by atoms with Crippen LogP contribution in [0, 0.1) is 0 Å². The minimum absolute atomic E-state index is 0.0519. The first kappa shape index (κ1) is 32.5. The molecule has 56 heavy (non-hydrogen) atoms. The van der Waals surface area contributed by atoms with E-state index >= 15 is 0 Å². The van der Waals surface area contributed by atoms with Crippen LogP contribution < -0.4 is 14.5 Å². The Morgan fingerprint density at radius 1 is 0.482 bits per heavy atom. The van der Waals surface area contributed by atoms with Crippen LogP contribution in [-0.2, 0) is 0 Å². The Morgan fingerprint density at radius 2 is 1.05 bits per heavy atom. The number of hydrogen-bond donors (Lipinski definition) is 0. The van der Waals surface area contributed by atoms with Crippen molar-refractivity contribution in [2.75, 3.05) is 9.80 Å². The highest BCUT2D eigenvalue weighted by Gasteiger charge is 2.49. The lowest BCUT2D eigenvalue weighted by molar-refractivity contribution is 0.226. The fourth-order valence-corrected chi connectivity index (χ4v) is 9.88. The van der Waals surface area contributed by atoms with E-state index in [0.29, 0.717) is 0 Å². The number of para-hydroxylation sites is 2. The van der Waals surface area contributed by atoms with Gasteiger partial charge < -0.3 is 14.5 Å². The first-order valence-corrected chi connectivity index (χ1v) is 20.0. The Morgan fingerprint density at radius 3 is 1.77 bits per heavy atom. The smallest absolute Gasteiger partial charge is 0.160 e. The number of ether oxygens (including phenoxy) is 1. The van der Waals surface area contributed by atoms with Crippen LogP contribution in [0.25, 0.3) is 43.5 Å². The van der Waals surface area contributed by atoms with Crippen molar-refractivity contribution < 1.29 is 4.74 Å². The van der Waals surface area contributed by atoms with E-state index in [4.69, 9.17) is 4.74 Å². The zero-order valence-electron chi connectivity index (χ0n) is 30.5. The molecule has 0 amide bonds. The number of benzene rings is 8. The van der Waals surface area contributed by atoms with Crippen LogP contribution >= 0.6 is 11.3 Å². The fraction of sp³-hybridized carbons (Fsp3) is 0.0385. The summed E-state index contributed by atoms with van der Waals surface area (Å²) in [6, 6.07) is 74.3. The molecule has 1 aromatic heterocycles. The third kappa shape index (κ3) is 5.41. The molecule has 3 heterocycles. The van der Waals surface area contributed by atoms with Gasteiger partial charge in [-0.15, -0.1) is 11.3 Å². The Hall–Kier alpha value is -6.88. The van der Waals surface area contributed by atoms with Gasteiger partial charge in [0.15, 0.2) is 6.10 Å².